The summed E-state index contributed by atoms with van der Waals surface area (Å²) in [6.45, 7) is 0.940. The first kappa shape index (κ1) is 18.9. The summed E-state index contributed by atoms with van der Waals surface area (Å²) in [6, 6.07) is 15.5. The van der Waals surface area contributed by atoms with Gasteiger partial charge in [-0.05, 0) is 17.7 Å². The number of amides is 3. The Morgan fingerprint density at radius 3 is 2.52 bits per heavy atom. The van der Waals surface area contributed by atoms with E-state index in [9.17, 15) is 14.4 Å². The van der Waals surface area contributed by atoms with Gasteiger partial charge in [0.05, 0.1) is 29.6 Å². The highest BCUT2D eigenvalue weighted by Gasteiger charge is 2.26. The Bertz CT molecular complexity index is 841. The number of hydrogen-bond donors (Lipinski definition) is 2. The van der Waals surface area contributed by atoms with Crippen molar-refractivity contribution in [3.63, 3.8) is 0 Å². The highest BCUT2D eigenvalue weighted by atomic mass is 35.5. The first-order valence-corrected chi connectivity index (χ1v) is 9.07. The van der Waals surface area contributed by atoms with Gasteiger partial charge < -0.3 is 15.5 Å². The molecule has 1 heterocycles. The lowest BCUT2D eigenvalue weighted by atomic mass is 10.0. The quantitative estimate of drug-likeness (QED) is 0.827. The van der Waals surface area contributed by atoms with Gasteiger partial charge in [-0.2, -0.15) is 0 Å². The Morgan fingerprint density at radius 2 is 1.81 bits per heavy atom. The Hall–Kier alpha value is -2.86. The van der Waals surface area contributed by atoms with Crippen LogP contribution < -0.4 is 10.6 Å². The molecule has 1 fully saturated rings. The van der Waals surface area contributed by atoms with E-state index in [2.05, 4.69) is 10.6 Å². The van der Waals surface area contributed by atoms with Crippen molar-refractivity contribution in [2.45, 2.75) is 12.5 Å². The first-order chi connectivity index (χ1) is 13.0. The summed E-state index contributed by atoms with van der Waals surface area (Å²) in [5, 5.41) is 5.94. The molecule has 0 aliphatic carbocycles. The van der Waals surface area contributed by atoms with Gasteiger partial charge in [-0.15, -0.1) is 0 Å². The molecule has 1 atom stereocenters. The predicted molar refractivity (Wildman–Crippen MR) is 102 cm³/mol. The molecule has 1 aliphatic heterocycles. The minimum atomic E-state index is -0.521. The fourth-order valence-corrected chi connectivity index (χ4v) is 3.20. The van der Waals surface area contributed by atoms with Crippen molar-refractivity contribution in [3.05, 3.63) is 70.7 Å². The van der Waals surface area contributed by atoms with Crippen LogP contribution in [0, 0.1) is 0 Å². The topological polar surface area (TPSA) is 78.5 Å². The molecule has 2 aromatic carbocycles. The van der Waals surface area contributed by atoms with Crippen molar-refractivity contribution in [3.8, 4) is 0 Å². The minimum absolute atomic E-state index is 0.0405. The maximum atomic E-state index is 12.7. The van der Waals surface area contributed by atoms with Gasteiger partial charge in [-0.1, -0.05) is 54.1 Å². The van der Waals surface area contributed by atoms with E-state index in [-0.39, 0.29) is 30.7 Å². The zero-order valence-electron chi connectivity index (χ0n) is 14.7. The normalized spacial score (nSPS) is 15.0. The number of nitrogens with zero attached hydrogens (tertiary/aromatic N) is 1. The lowest BCUT2D eigenvalue weighted by molar-refractivity contribution is -0.138. The van der Waals surface area contributed by atoms with Gasteiger partial charge in [0.15, 0.2) is 0 Å². The van der Waals surface area contributed by atoms with Gasteiger partial charge >= 0.3 is 0 Å². The van der Waals surface area contributed by atoms with Gasteiger partial charge in [0, 0.05) is 13.1 Å². The number of carbonyl (C=O) groups excluding carboxylic acids is 3. The third-order valence-electron chi connectivity index (χ3n) is 4.40. The number of carbonyl (C=O) groups is 3. The van der Waals surface area contributed by atoms with E-state index in [0.29, 0.717) is 23.7 Å². The molecule has 2 aromatic rings. The average molecular weight is 386 g/mol. The largest absolute Gasteiger partial charge is 0.353 e. The van der Waals surface area contributed by atoms with E-state index in [1.807, 2.05) is 30.3 Å². The molecule has 3 rings (SSSR count). The third kappa shape index (κ3) is 4.86. The molecule has 7 heteroatoms. The molecule has 1 unspecified atom stereocenters. The van der Waals surface area contributed by atoms with Crippen LogP contribution in [0.2, 0.25) is 5.02 Å². The Labute approximate surface area is 162 Å². The Balaban J connectivity index is 1.77. The number of piperazine rings is 1. The number of benzene rings is 2. The molecule has 1 aliphatic rings. The van der Waals surface area contributed by atoms with Crippen molar-refractivity contribution in [2.24, 2.45) is 0 Å². The van der Waals surface area contributed by atoms with Crippen LogP contribution in [0.3, 0.4) is 0 Å². The van der Waals surface area contributed by atoms with Crippen LogP contribution >= 0.6 is 11.6 Å². The molecule has 0 spiro atoms. The highest BCUT2D eigenvalue weighted by molar-refractivity contribution is 6.33. The van der Waals surface area contributed by atoms with Gasteiger partial charge in [-0.25, -0.2) is 0 Å². The van der Waals surface area contributed by atoms with Crippen LogP contribution in [0.15, 0.2) is 54.6 Å². The fourth-order valence-electron chi connectivity index (χ4n) is 2.97. The molecule has 2 N–H and O–H groups in total. The van der Waals surface area contributed by atoms with E-state index in [4.69, 9.17) is 11.6 Å². The standard InChI is InChI=1S/C20H20ClN3O3/c21-16-9-5-4-8-15(16)20(27)23-17(14-6-2-1-3-7-14)12-19(26)24-11-10-22-18(25)13-24/h1-9,17H,10-13H2,(H,22,25)(H,23,27). The molecule has 1 saturated heterocycles. The molecule has 0 aromatic heterocycles. The lowest BCUT2D eigenvalue weighted by Gasteiger charge is -2.28. The molecule has 140 valence electrons. The number of hydrogen-bond acceptors (Lipinski definition) is 3. The van der Waals surface area contributed by atoms with Crippen LogP contribution in [0.4, 0.5) is 0 Å². The van der Waals surface area contributed by atoms with E-state index in [0.717, 1.165) is 5.56 Å². The number of halogens is 1. The predicted octanol–water partition coefficient (Wildman–Crippen LogP) is 2.16. The van der Waals surface area contributed by atoms with E-state index >= 15 is 0 Å². The summed E-state index contributed by atoms with van der Waals surface area (Å²) in [4.78, 5) is 38.4. The summed E-state index contributed by atoms with van der Waals surface area (Å²) in [7, 11) is 0. The smallest absolute Gasteiger partial charge is 0.253 e. The first-order valence-electron chi connectivity index (χ1n) is 8.69. The van der Waals surface area contributed by atoms with E-state index in [1.165, 1.54) is 4.90 Å². The van der Waals surface area contributed by atoms with Crippen LogP contribution in [-0.2, 0) is 9.59 Å². The second kappa shape index (κ2) is 8.68. The molecule has 3 amide bonds. The summed E-state index contributed by atoms with van der Waals surface area (Å²) < 4.78 is 0. The summed E-state index contributed by atoms with van der Waals surface area (Å²) in [6.07, 6.45) is 0.0630. The zero-order valence-corrected chi connectivity index (χ0v) is 15.4. The summed E-state index contributed by atoms with van der Waals surface area (Å²) in [5.74, 6) is -0.706. The van der Waals surface area contributed by atoms with Crippen molar-refractivity contribution in [1.82, 2.24) is 15.5 Å². The monoisotopic (exact) mass is 385 g/mol. The highest BCUT2D eigenvalue weighted by Crippen LogP contribution is 2.21. The van der Waals surface area contributed by atoms with Gasteiger partial charge in [-0.3, -0.25) is 14.4 Å². The molecule has 0 bridgehead atoms. The number of nitrogens with one attached hydrogen (secondary N) is 2. The second-order valence-electron chi connectivity index (χ2n) is 6.29. The maximum absolute atomic E-state index is 12.7. The average Bonchev–Trinajstić information content (AvgIpc) is 2.68. The van der Waals surface area contributed by atoms with Crippen LogP contribution in [0.25, 0.3) is 0 Å². The summed E-state index contributed by atoms with van der Waals surface area (Å²) >= 11 is 6.11. The van der Waals surface area contributed by atoms with Gasteiger partial charge in [0.2, 0.25) is 11.8 Å². The van der Waals surface area contributed by atoms with Crippen LogP contribution in [0.5, 0.6) is 0 Å². The molecule has 6 nitrogen and oxygen atoms in total. The number of rotatable bonds is 5. The SMILES string of the molecule is O=C1CN(C(=O)CC(NC(=O)c2ccccc2Cl)c2ccccc2)CCN1. The van der Waals surface area contributed by atoms with Crippen molar-refractivity contribution < 1.29 is 14.4 Å². The van der Waals surface area contributed by atoms with Crippen molar-refractivity contribution in [2.75, 3.05) is 19.6 Å². The van der Waals surface area contributed by atoms with E-state index in [1.54, 1.807) is 24.3 Å². The Morgan fingerprint density at radius 1 is 1.11 bits per heavy atom. The summed E-state index contributed by atoms with van der Waals surface area (Å²) in [5.41, 5.74) is 1.16. The molecule has 27 heavy (non-hydrogen) atoms. The van der Waals surface area contributed by atoms with Gasteiger partial charge in [0.25, 0.3) is 5.91 Å². The molecular weight excluding hydrogens is 366 g/mol. The van der Waals surface area contributed by atoms with Crippen LogP contribution in [-0.4, -0.2) is 42.3 Å². The van der Waals surface area contributed by atoms with Crippen molar-refractivity contribution >= 4 is 29.3 Å². The Kier molecular flexibility index (Phi) is 6.08. The fraction of sp³-hybridized carbons (Fsp3) is 0.250. The molecule has 0 saturated carbocycles. The molecular formula is C20H20ClN3O3. The maximum Gasteiger partial charge on any atom is 0.253 e. The van der Waals surface area contributed by atoms with Crippen LogP contribution in [0.1, 0.15) is 28.4 Å². The third-order valence-corrected chi connectivity index (χ3v) is 4.73. The lowest BCUT2D eigenvalue weighted by Crippen LogP contribution is -2.50. The minimum Gasteiger partial charge on any atom is -0.353 e. The van der Waals surface area contributed by atoms with E-state index < -0.39 is 6.04 Å². The van der Waals surface area contributed by atoms with Gasteiger partial charge in [0.1, 0.15) is 0 Å². The zero-order chi connectivity index (χ0) is 19.2. The molecule has 0 radical (unpaired) electrons. The van der Waals surface area contributed by atoms with Crippen molar-refractivity contribution in [1.29, 1.82) is 0 Å². The second-order valence-corrected chi connectivity index (χ2v) is 6.69.